The maximum atomic E-state index is 11.4. The van der Waals surface area contributed by atoms with Gasteiger partial charge in [-0.15, -0.1) is 0 Å². The molecule has 0 saturated carbocycles. The number of nitrogens with two attached hydrogens (primary N) is 1. The number of carbonyl (C=O) groups is 1. The van der Waals surface area contributed by atoms with Crippen molar-refractivity contribution in [1.82, 2.24) is 4.57 Å². The molecule has 5 heteroatoms. The van der Waals surface area contributed by atoms with Crippen molar-refractivity contribution in [3.63, 3.8) is 0 Å². The number of fused-ring (bicyclic) bond motifs is 1. The normalized spacial score (nSPS) is 10.8. The van der Waals surface area contributed by atoms with E-state index in [1.165, 1.54) is 7.11 Å². The number of methoxy groups -OCH3 is 1. The Labute approximate surface area is 114 Å². The molecule has 0 amide bonds. The lowest BCUT2D eigenvalue weighted by Gasteiger charge is -2.02. The van der Waals surface area contributed by atoms with E-state index in [0.717, 1.165) is 27.5 Å². The van der Waals surface area contributed by atoms with Gasteiger partial charge in [-0.05, 0) is 23.8 Å². The SMILES string of the molecule is COC(=O)Cc1cn(CCN)c2ccc(Br)cc12. The summed E-state index contributed by atoms with van der Waals surface area (Å²) in [6, 6.07) is 6.02. The number of ether oxygens (including phenoxy) is 1. The number of hydrogen-bond acceptors (Lipinski definition) is 3. The van der Waals surface area contributed by atoms with E-state index in [2.05, 4.69) is 20.5 Å². The van der Waals surface area contributed by atoms with Gasteiger partial charge in [-0.3, -0.25) is 4.79 Å². The van der Waals surface area contributed by atoms with Crippen molar-refractivity contribution in [2.24, 2.45) is 5.73 Å². The molecule has 96 valence electrons. The summed E-state index contributed by atoms with van der Waals surface area (Å²) in [5.41, 5.74) is 7.65. The van der Waals surface area contributed by atoms with Crippen molar-refractivity contribution >= 4 is 32.8 Å². The first-order valence-electron chi connectivity index (χ1n) is 5.70. The summed E-state index contributed by atoms with van der Waals surface area (Å²) >= 11 is 3.45. The summed E-state index contributed by atoms with van der Waals surface area (Å²) in [5.74, 6) is -0.234. The molecule has 4 nitrogen and oxygen atoms in total. The summed E-state index contributed by atoms with van der Waals surface area (Å²) in [6.07, 6.45) is 2.25. The predicted octanol–water partition coefficient (Wildman–Crippen LogP) is 2.08. The molecular formula is C13H15BrN2O2. The predicted molar refractivity (Wildman–Crippen MR) is 74.4 cm³/mol. The van der Waals surface area contributed by atoms with Gasteiger partial charge in [0, 0.05) is 34.7 Å². The third-order valence-electron chi connectivity index (χ3n) is 2.86. The first kappa shape index (κ1) is 13.1. The minimum absolute atomic E-state index is 0.234. The van der Waals surface area contributed by atoms with Crippen LogP contribution in [0.4, 0.5) is 0 Å². The zero-order chi connectivity index (χ0) is 13.1. The summed E-state index contributed by atoms with van der Waals surface area (Å²) in [7, 11) is 1.40. The molecule has 0 aliphatic heterocycles. The lowest BCUT2D eigenvalue weighted by molar-refractivity contribution is -0.139. The van der Waals surface area contributed by atoms with Crippen LogP contribution in [-0.4, -0.2) is 24.2 Å². The molecule has 0 aliphatic rings. The number of carbonyl (C=O) groups excluding carboxylic acids is 1. The number of halogens is 1. The maximum absolute atomic E-state index is 11.4. The molecule has 0 fully saturated rings. The molecular weight excluding hydrogens is 296 g/mol. The van der Waals surface area contributed by atoms with Crippen LogP contribution in [0.15, 0.2) is 28.9 Å². The minimum Gasteiger partial charge on any atom is -0.469 e. The van der Waals surface area contributed by atoms with Crippen LogP contribution in [0.2, 0.25) is 0 Å². The Morgan fingerprint density at radius 2 is 2.28 bits per heavy atom. The monoisotopic (exact) mass is 310 g/mol. The average molecular weight is 311 g/mol. The van der Waals surface area contributed by atoms with Crippen molar-refractivity contribution < 1.29 is 9.53 Å². The van der Waals surface area contributed by atoms with Gasteiger partial charge >= 0.3 is 5.97 Å². The largest absolute Gasteiger partial charge is 0.469 e. The van der Waals surface area contributed by atoms with Crippen LogP contribution in [0.5, 0.6) is 0 Å². The second kappa shape index (κ2) is 5.54. The fourth-order valence-electron chi connectivity index (χ4n) is 2.04. The molecule has 18 heavy (non-hydrogen) atoms. The lowest BCUT2D eigenvalue weighted by atomic mass is 10.1. The van der Waals surface area contributed by atoms with Gasteiger partial charge in [0.05, 0.1) is 13.5 Å². The fraction of sp³-hybridized carbons (Fsp3) is 0.308. The van der Waals surface area contributed by atoms with Gasteiger partial charge < -0.3 is 15.0 Å². The van der Waals surface area contributed by atoms with E-state index in [1.807, 2.05) is 24.4 Å². The number of hydrogen-bond donors (Lipinski definition) is 1. The highest BCUT2D eigenvalue weighted by Crippen LogP contribution is 2.25. The zero-order valence-corrected chi connectivity index (χ0v) is 11.7. The van der Waals surface area contributed by atoms with Crippen LogP contribution in [0.1, 0.15) is 5.56 Å². The highest BCUT2D eigenvalue weighted by molar-refractivity contribution is 9.10. The van der Waals surface area contributed by atoms with E-state index in [-0.39, 0.29) is 12.4 Å². The Morgan fingerprint density at radius 3 is 2.94 bits per heavy atom. The molecule has 2 rings (SSSR count). The van der Waals surface area contributed by atoms with Crippen molar-refractivity contribution in [2.45, 2.75) is 13.0 Å². The molecule has 0 saturated heterocycles. The van der Waals surface area contributed by atoms with Crippen molar-refractivity contribution in [2.75, 3.05) is 13.7 Å². The van der Waals surface area contributed by atoms with Gasteiger partial charge in [0.25, 0.3) is 0 Å². The number of nitrogens with zero attached hydrogens (tertiary/aromatic N) is 1. The highest BCUT2D eigenvalue weighted by Gasteiger charge is 2.12. The van der Waals surface area contributed by atoms with Gasteiger partial charge in [0.2, 0.25) is 0 Å². The Bertz CT molecular complexity index is 578. The number of esters is 1. The standard InChI is InChI=1S/C13H15BrN2O2/c1-18-13(17)6-9-8-16(5-4-15)12-3-2-10(14)7-11(9)12/h2-3,7-8H,4-6,15H2,1H3. The van der Waals surface area contributed by atoms with Crippen LogP contribution in [0.25, 0.3) is 10.9 Å². The number of benzene rings is 1. The second-order valence-corrected chi connectivity index (χ2v) is 4.97. The first-order chi connectivity index (χ1) is 8.65. The summed E-state index contributed by atoms with van der Waals surface area (Å²) < 4.78 is 7.78. The van der Waals surface area contributed by atoms with Crippen LogP contribution >= 0.6 is 15.9 Å². The zero-order valence-electron chi connectivity index (χ0n) is 10.1. The van der Waals surface area contributed by atoms with Crippen molar-refractivity contribution in [3.05, 3.63) is 34.4 Å². The van der Waals surface area contributed by atoms with Crippen molar-refractivity contribution in [1.29, 1.82) is 0 Å². The van der Waals surface area contributed by atoms with Gasteiger partial charge in [-0.2, -0.15) is 0 Å². The molecule has 0 atom stereocenters. The average Bonchev–Trinajstić information content (AvgIpc) is 2.67. The molecule has 1 heterocycles. The summed E-state index contributed by atoms with van der Waals surface area (Å²) in [4.78, 5) is 11.4. The van der Waals surface area contributed by atoms with E-state index in [1.54, 1.807) is 0 Å². The molecule has 0 radical (unpaired) electrons. The Kier molecular flexibility index (Phi) is 4.04. The third-order valence-corrected chi connectivity index (χ3v) is 3.35. The molecule has 1 aromatic heterocycles. The number of rotatable bonds is 4. The minimum atomic E-state index is -0.234. The lowest BCUT2D eigenvalue weighted by Crippen LogP contribution is -2.08. The molecule has 0 aliphatic carbocycles. The quantitative estimate of drug-likeness (QED) is 0.880. The van der Waals surface area contributed by atoms with E-state index in [0.29, 0.717) is 6.54 Å². The maximum Gasteiger partial charge on any atom is 0.310 e. The van der Waals surface area contributed by atoms with E-state index in [4.69, 9.17) is 10.5 Å². The van der Waals surface area contributed by atoms with Crippen LogP contribution in [0, 0.1) is 0 Å². The van der Waals surface area contributed by atoms with Gasteiger partial charge in [0.1, 0.15) is 0 Å². The van der Waals surface area contributed by atoms with Gasteiger partial charge in [-0.25, -0.2) is 0 Å². The van der Waals surface area contributed by atoms with Crippen LogP contribution in [0.3, 0.4) is 0 Å². The Balaban J connectivity index is 2.50. The van der Waals surface area contributed by atoms with E-state index >= 15 is 0 Å². The van der Waals surface area contributed by atoms with Crippen molar-refractivity contribution in [3.8, 4) is 0 Å². The van der Waals surface area contributed by atoms with Crippen LogP contribution < -0.4 is 5.73 Å². The topological polar surface area (TPSA) is 57.2 Å². The second-order valence-electron chi connectivity index (χ2n) is 4.05. The molecule has 2 aromatic rings. The molecule has 0 bridgehead atoms. The smallest absolute Gasteiger partial charge is 0.310 e. The number of aromatic nitrogens is 1. The molecule has 0 spiro atoms. The van der Waals surface area contributed by atoms with E-state index < -0.39 is 0 Å². The molecule has 0 unspecified atom stereocenters. The summed E-state index contributed by atoms with van der Waals surface area (Å²) in [6.45, 7) is 1.30. The first-order valence-corrected chi connectivity index (χ1v) is 6.49. The third kappa shape index (κ3) is 2.57. The summed E-state index contributed by atoms with van der Waals surface area (Å²) in [5, 5.41) is 1.06. The fourth-order valence-corrected chi connectivity index (χ4v) is 2.40. The van der Waals surface area contributed by atoms with Gasteiger partial charge in [0.15, 0.2) is 0 Å². The Hall–Kier alpha value is -1.33. The van der Waals surface area contributed by atoms with Gasteiger partial charge in [-0.1, -0.05) is 15.9 Å². The molecule has 2 N–H and O–H groups in total. The molecule has 1 aromatic carbocycles. The van der Waals surface area contributed by atoms with E-state index in [9.17, 15) is 4.79 Å². The Morgan fingerprint density at radius 1 is 1.50 bits per heavy atom. The highest BCUT2D eigenvalue weighted by atomic mass is 79.9. The van der Waals surface area contributed by atoms with Crippen LogP contribution in [-0.2, 0) is 22.5 Å².